The van der Waals surface area contributed by atoms with E-state index in [0.29, 0.717) is 5.69 Å². The first-order valence-corrected chi connectivity index (χ1v) is 7.04. The van der Waals surface area contributed by atoms with Crippen LogP contribution in [0.4, 0.5) is 10.3 Å². The molecule has 0 saturated heterocycles. The number of aromatic nitrogens is 2. The predicted molar refractivity (Wildman–Crippen MR) is 80.8 cm³/mol. The Kier molecular flexibility index (Phi) is 3.06. The molecule has 1 heterocycles. The summed E-state index contributed by atoms with van der Waals surface area (Å²) >= 11 is 6.73. The van der Waals surface area contributed by atoms with E-state index in [1.807, 2.05) is 18.2 Å². The van der Waals surface area contributed by atoms with Gasteiger partial charge >= 0.3 is 0 Å². The van der Waals surface area contributed by atoms with Crippen molar-refractivity contribution in [2.45, 2.75) is 0 Å². The molecular formula is C13H8Br2FN3. The molecule has 2 N–H and O–H groups in total. The summed E-state index contributed by atoms with van der Waals surface area (Å²) in [5.41, 5.74) is 7.75. The van der Waals surface area contributed by atoms with E-state index < -0.39 is 0 Å². The van der Waals surface area contributed by atoms with Crippen molar-refractivity contribution in [2.24, 2.45) is 0 Å². The van der Waals surface area contributed by atoms with Gasteiger partial charge in [0.05, 0.1) is 16.7 Å². The minimum atomic E-state index is -0.353. The molecule has 0 aliphatic rings. The molecule has 6 heteroatoms. The molecule has 3 nitrogen and oxygen atoms in total. The van der Waals surface area contributed by atoms with Gasteiger partial charge in [0.2, 0.25) is 5.95 Å². The number of fused-ring (bicyclic) bond motifs is 1. The van der Waals surface area contributed by atoms with Crippen molar-refractivity contribution in [1.82, 2.24) is 9.55 Å². The number of nitrogens with zero attached hydrogens (tertiary/aromatic N) is 2. The van der Waals surface area contributed by atoms with Gasteiger partial charge in [-0.05, 0) is 36.4 Å². The molecule has 96 valence electrons. The van der Waals surface area contributed by atoms with E-state index in [2.05, 4.69) is 36.8 Å². The maximum Gasteiger partial charge on any atom is 0.206 e. The summed E-state index contributed by atoms with van der Waals surface area (Å²) < 4.78 is 17.3. The van der Waals surface area contributed by atoms with Gasteiger partial charge in [-0.15, -0.1) is 0 Å². The molecule has 0 unspecified atom stereocenters. The van der Waals surface area contributed by atoms with Gasteiger partial charge in [-0.3, -0.25) is 4.57 Å². The number of imidazole rings is 1. The summed E-state index contributed by atoms with van der Waals surface area (Å²) in [6, 6.07) is 10.3. The quantitative estimate of drug-likeness (QED) is 0.680. The third kappa shape index (κ3) is 2.15. The van der Waals surface area contributed by atoms with E-state index in [-0.39, 0.29) is 11.8 Å². The molecule has 2 aromatic carbocycles. The number of hydrogen-bond acceptors (Lipinski definition) is 2. The Balaban J connectivity index is 2.38. The van der Waals surface area contributed by atoms with Crippen LogP contribution >= 0.6 is 31.9 Å². The summed E-state index contributed by atoms with van der Waals surface area (Å²) in [4.78, 5) is 4.24. The average molecular weight is 385 g/mol. The van der Waals surface area contributed by atoms with Crippen molar-refractivity contribution >= 4 is 48.8 Å². The second kappa shape index (κ2) is 4.61. The smallest absolute Gasteiger partial charge is 0.206 e. The minimum absolute atomic E-state index is 0.255. The van der Waals surface area contributed by atoms with Crippen LogP contribution in [0.3, 0.4) is 0 Å². The lowest BCUT2D eigenvalue weighted by Crippen LogP contribution is -2.03. The lowest BCUT2D eigenvalue weighted by molar-refractivity contribution is 0.619. The van der Waals surface area contributed by atoms with Crippen LogP contribution in [0.2, 0.25) is 0 Å². The van der Waals surface area contributed by atoms with Gasteiger partial charge in [-0.25, -0.2) is 9.37 Å². The molecule has 0 radical (unpaired) electrons. The molecule has 0 amide bonds. The second-order valence-electron chi connectivity index (χ2n) is 4.03. The van der Waals surface area contributed by atoms with Crippen LogP contribution in [0.25, 0.3) is 16.7 Å². The highest BCUT2D eigenvalue weighted by Gasteiger charge is 2.14. The summed E-state index contributed by atoms with van der Waals surface area (Å²) in [6.45, 7) is 0. The van der Waals surface area contributed by atoms with E-state index >= 15 is 0 Å². The number of hydrogen-bond donors (Lipinski definition) is 1. The van der Waals surface area contributed by atoms with Gasteiger partial charge in [0.25, 0.3) is 0 Å². The zero-order valence-electron chi connectivity index (χ0n) is 9.57. The van der Waals surface area contributed by atoms with Crippen molar-refractivity contribution in [3.05, 3.63) is 51.2 Å². The van der Waals surface area contributed by atoms with E-state index in [0.717, 1.165) is 20.0 Å². The fraction of sp³-hybridized carbons (Fsp3) is 0. The van der Waals surface area contributed by atoms with E-state index in [4.69, 9.17) is 5.73 Å². The fourth-order valence-corrected chi connectivity index (χ4v) is 2.68. The Morgan fingerprint density at radius 3 is 2.53 bits per heavy atom. The Labute approximate surface area is 125 Å². The normalized spacial score (nSPS) is 11.1. The first-order valence-electron chi connectivity index (χ1n) is 5.45. The molecule has 3 rings (SSSR count). The van der Waals surface area contributed by atoms with Crippen LogP contribution < -0.4 is 5.73 Å². The molecule has 0 bridgehead atoms. The van der Waals surface area contributed by atoms with Gasteiger partial charge in [0, 0.05) is 8.95 Å². The molecule has 0 spiro atoms. The number of nitrogen functional groups attached to an aromatic ring is 1. The van der Waals surface area contributed by atoms with Crippen LogP contribution in [0, 0.1) is 5.82 Å². The summed E-state index contributed by atoms with van der Waals surface area (Å²) in [5.74, 6) is -0.0979. The Bertz CT molecular complexity index is 783. The molecule has 0 aliphatic heterocycles. The number of rotatable bonds is 1. The molecule has 3 aromatic rings. The van der Waals surface area contributed by atoms with E-state index in [1.54, 1.807) is 16.7 Å². The topological polar surface area (TPSA) is 43.8 Å². The molecule has 0 saturated carbocycles. The fourth-order valence-electron chi connectivity index (χ4n) is 1.98. The standard InChI is InChI=1S/C13H8Br2FN3/c14-7-1-3-9(16)11(5-7)19-12-6-8(15)2-4-10(12)18-13(19)17/h1-6H,(H2,17,18). The highest BCUT2D eigenvalue weighted by molar-refractivity contribution is 9.10. The molecule has 0 fully saturated rings. The maximum absolute atomic E-state index is 14.0. The number of halogens is 3. The van der Waals surface area contributed by atoms with E-state index in [1.165, 1.54) is 6.07 Å². The van der Waals surface area contributed by atoms with Crippen LogP contribution in [0.15, 0.2) is 45.3 Å². The van der Waals surface area contributed by atoms with Gasteiger partial charge in [-0.1, -0.05) is 31.9 Å². The van der Waals surface area contributed by atoms with Crippen molar-refractivity contribution in [3.63, 3.8) is 0 Å². The third-order valence-corrected chi connectivity index (χ3v) is 3.78. The van der Waals surface area contributed by atoms with Gasteiger partial charge in [0.15, 0.2) is 0 Å². The zero-order valence-corrected chi connectivity index (χ0v) is 12.7. The first kappa shape index (κ1) is 12.6. The summed E-state index contributed by atoms with van der Waals surface area (Å²) in [7, 11) is 0. The summed E-state index contributed by atoms with van der Waals surface area (Å²) in [6.07, 6.45) is 0. The van der Waals surface area contributed by atoms with Gasteiger partial charge in [-0.2, -0.15) is 0 Å². The Morgan fingerprint density at radius 1 is 1.05 bits per heavy atom. The van der Waals surface area contributed by atoms with Gasteiger partial charge < -0.3 is 5.73 Å². The molecular weight excluding hydrogens is 377 g/mol. The number of anilines is 1. The van der Waals surface area contributed by atoms with E-state index in [9.17, 15) is 4.39 Å². The predicted octanol–water partition coefficient (Wildman–Crippen LogP) is 4.27. The van der Waals surface area contributed by atoms with Crippen molar-refractivity contribution in [3.8, 4) is 5.69 Å². The number of nitrogens with two attached hydrogens (primary N) is 1. The van der Waals surface area contributed by atoms with Crippen LogP contribution in [0.1, 0.15) is 0 Å². The van der Waals surface area contributed by atoms with Crippen LogP contribution in [-0.2, 0) is 0 Å². The average Bonchev–Trinajstić information content (AvgIpc) is 2.68. The molecule has 19 heavy (non-hydrogen) atoms. The highest BCUT2D eigenvalue weighted by Crippen LogP contribution is 2.28. The Hall–Kier alpha value is -1.40. The number of benzene rings is 2. The van der Waals surface area contributed by atoms with Crippen LogP contribution in [-0.4, -0.2) is 9.55 Å². The maximum atomic E-state index is 14.0. The van der Waals surface area contributed by atoms with Crippen LogP contribution in [0.5, 0.6) is 0 Å². The van der Waals surface area contributed by atoms with Crippen molar-refractivity contribution < 1.29 is 4.39 Å². The largest absolute Gasteiger partial charge is 0.369 e. The third-order valence-electron chi connectivity index (χ3n) is 2.79. The van der Waals surface area contributed by atoms with Gasteiger partial charge in [0.1, 0.15) is 5.82 Å². The lowest BCUT2D eigenvalue weighted by Gasteiger charge is -2.08. The summed E-state index contributed by atoms with van der Waals surface area (Å²) in [5, 5.41) is 0. The Morgan fingerprint density at radius 2 is 1.74 bits per heavy atom. The first-order chi connectivity index (χ1) is 9.06. The van der Waals surface area contributed by atoms with Crippen molar-refractivity contribution in [2.75, 3.05) is 5.73 Å². The molecule has 0 atom stereocenters. The minimum Gasteiger partial charge on any atom is -0.369 e. The zero-order chi connectivity index (χ0) is 13.6. The van der Waals surface area contributed by atoms with Crippen molar-refractivity contribution in [1.29, 1.82) is 0 Å². The molecule has 1 aromatic heterocycles. The SMILES string of the molecule is Nc1nc2ccc(Br)cc2n1-c1cc(Br)ccc1F. The lowest BCUT2D eigenvalue weighted by atomic mass is 10.2. The second-order valence-corrected chi connectivity index (χ2v) is 5.87. The monoisotopic (exact) mass is 383 g/mol. The molecule has 0 aliphatic carbocycles. The highest BCUT2D eigenvalue weighted by atomic mass is 79.9.